The fraction of sp³-hybridized carbons (Fsp3) is 0.182. The minimum Gasteiger partial charge on any atom is -0.378 e. The standard InChI is InChI=1S/C11H10BrN5/c1-17-10(7-15-16-17)6-14-11-4-9(12)3-2-8(11)5-13/h2-4,7,14H,6H2,1H3. The van der Waals surface area contributed by atoms with Crippen molar-refractivity contribution in [1.29, 1.82) is 5.26 Å². The minimum absolute atomic E-state index is 0.578. The van der Waals surface area contributed by atoms with Gasteiger partial charge in [0.15, 0.2) is 0 Å². The number of halogens is 1. The van der Waals surface area contributed by atoms with Gasteiger partial charge in [0.25, 0.3) is 0 Å². The average molecular weight is 292 g/mol. The van der Waals surface area contributed by atoms with Crippen LogP contribution in [0.2, 0.25) is 0 Å². The van der Waals surface area contributed by atoms with Crippen LogP contribution in [-0.4, -0.2) is 15.0 Å². The number of nitrogens with zero attached hydrogens (tertiary/aromatic N) is 4. The van der Waals surface area contributed by atoms with E-state index in [1.165, 1.54) is 0 Å². The quantitative estimate of drug-likeness (QED) is 0.940. The first kappa shape index (κ1) is 11.6. The van der Waals surface area contributed by atoms with Crippen LogP contribution in [0.5, 0.6) is 0 Å². The van der Waals surface area contributed by atoms with E-state index in [9.17, 15) is 0 Å². The van der Waals surface area contributed by atoms with Gasteiger partial charge in [-0.15, -0.1) is 5.10 Å². The van der Waals surface area contributed by atoms with Crippen LogP contribution in [0.15, 0.2) is 28.9 Å². The van der Waals surface area contributed by atoms with Crippen molar-refractivity contribution in [3.63, 3.8) is 0 Å². The first-order valence-corrected chi connectivity index (χ1v) is 5.77. The lowest BCUT2D eigenvalue weighted by Gasteiger charge is -2.08. The molecule has 0 aliphatic carbocycles. The second-order valence-electron chi connectivity index (χ2n) is 3.50. The third-order valence-corrected chi connectivity index (χ3v) is 2.86. The number of hydrogen-bond acceptors (Lipinski definition) is 4. The number of anilines is 1. The van der Waals surface area contributed by atoms with Crippen LogP contribution in [0.1, 0.15) is 11.3 Å². The monoisotopic (exact) mass is 291 g/mol. The number of hydrogen-bond donors (Lipinski definition) is 1. The van der Waals surface area contributed by atoms with Crippen LogP contribution in [0.3, 0.4) is 0 Å². The van der Waals surface area contributed by atoms with E-state index in [-0.39, 0.29) is 0 Å². The molecular formula is C11H10BrN5. The molecule has 1 heterocycles. The summed E-state index contributed by atoms with van der Waals surface area (Å²) in [5, 5.41) is 19.8. The van der Waals surface area contributed by atoms with Gasteiger partial charge in [-0.05, 0) is 18.2 Å². The Hall–Kier alpha value is -1.87. The van der Waals surface area contributed by atoms with E-state index in [1.54, 1.807) is 16.9 Å². The Morgan fingerprint density at radius 3 is 3.00 bits per heavy atom. The van der Waals surface area contributed by atoms with Crippen LogP contribution in [0.25, 0.3) is 0 Å². The van der Waals surface area contributed by atoms with Gasteiger partial charge < -0.3 is 5.32 Å². The first-order chi connectivity index (χ1) is 8.20. The van der Waals surface area contributed by atoms with Crippen molar-refractivity contribution in [3.8, 4) is 6.07 Å². The number of aryl methyl sites for hydroxylation is 1. The molecule has 0 amide bonds. The van der Waals surface area contributed by atoms with Crippen LogP contribution < -0.4 is 5.32 Å². The van der Waals surface area contributed by atoms with Gasteiger partial charge in [-0.2, -0.15) is 5.26 Å². The molecule has 1 aromatic heterocycles. The Kier molecular flexibility index (Phi) is 3.40. The van der Waals surface area contributed by atoms with Crippen molar-refractivity contribution in [3.05, 3.63) is 40.1 Å². The van der Waals surface area contributed by atoms with Crippen LogP contribution in [-0.2, 0) is 13.6 Å². The zero-order chi connectivity index (χ0) is 12.3. The second kappa shape index (κ2) is 4.97. The highest BCUT2D eigenvalue weighted by atomic mass is 79.9. The van der Waals surface area contributed by atoms with Crippen LogP contribution >= 0.6 is 15.9 Å². The molecule has 1 N–H and O–H groups in total. The molecule has 0 radical (unpaired) electrons. The molecule has 0 aliphatic rings. The third kappa shape index (κ3) is 2.63. The summed E-state index contributed by atoms with van der Waals surface area (Å²) in [6.45, 7) is 0.578. The second-order valence-corrected chi connectivity index (χ2v) is 4.42. The summed E-state index contributed by atoms with van der Waals surface area (Å²) in [5.41, 5.74) is 2.36. The van der Waals surface area contributed by atoms with Gasteiger partial charge in [0, 0.05) is 11.5 Å². The summed E-state index contributed by atoms with van der Waals surface area (Å²) in [6.07, 6.45) is 1.69. The summed E-state index contributed by atoms with van der Waals surface area (Å²) >= 11 is 3.38. The number of nitriles is 1. The lowest BCUT2D eigenvalue weighted by molar-refractivity contribution is 0.683. The normalized spacial score (nSPS) is 9.94. The summed E-state index contributed by atoms with van der Waals surface area (Å²) in [4.78, 5) is 0. The van der Waals surface area contributed by atoms with Crippen molar-refractivity contribution in [2.24, 2.45) is 7.05 Å². The van der Waals surface area contributed by atoms with Crippen LogP contribution in [0.4, 0.5) is 5.69 Å². The van der Waals surface area contributed by atoms with E-state index in [4.69, 9.17) is 5.26 Å². The molecule has 2 rings (SSSR count). The van der Waals surface area contributed by atoms with Crippen molar-refractivity contribution >= 4 is 21.6 Å². The fourth-order valence-electron chi connectivity index (χ4n) is 1.42. The smallest absolute Gasteiger partial charge is 0.101 e. The molecule has 0 saturated heterocycles. The van der Waals surface area contributed by atoms with E-state index in [0.717, 1.165) is 15.9 Å². The van der Waals surface area contributed by atoms with Gasteiger partial charge in [0.2, 0.25) is 0 Å². The predicted molar refractivity (Wildman–Crippen MR) is 67.2 cm³/mol. The average Bonchev–Trinajstić information content (AvgIpc) is 2.72. The number of rotatable bonds is 3. The van der Waals surface area contributed by atoms with Crippen molar-refractivity contribution < 1.29 is 0 Å². The van der Waals surface area contributed by atoms with Crippen LogP contribution in [0, 0.1) is 11.3 Å². The van der Waals surface area contributed by atoms with Gasteiger partial charge in [-0.25, -0.2) is 0 Å². The maximum absolute atomic E-state index is 8.99. The first-order valence-electron chi connectivity index (χ1n) is 4.98. The van der Waals surface area contributed by atoms with Crippen molar-refractivity contribution in [1.82, 2.24) is 15.0 Å². The highest BCUT2D eigenvalue weighted by molar-refractivity contribution is 9.10. The molecule has 0 bridgehead atoms. The Morgan fingerprint density at radius 1 is 1.53 bits per heavy atom. The van der Waals surface area contributed by atoms with Gasteiger partial charge in [-0.1, -0.05) is 21.1 Å². The van der Waals surface area contributed by atoms with E-state index < -0.39 is 0 Å². The van der Waals surface area contributed by atoms with Gasteiger partial charge in [0.1, 0.15) is 6.07 Å². The lowest BCUT2D eigenvalue weighted by Crippen LogP contribution is -2.06. The molecule has 2 aromatic rings. The highest BCUT2D eigenvalue weighted by Crippen LogP contribution is 2.21. The lowest BCUT2D eigenvalue weighted by atomic mass is 10.2. The Labute approximate surface area is 107 Å². The zero-order valence-electron chi connectivity index (χ0n) is 9.18. The van der Waals surface area contributed by atoms with Crippen molar-refractivity contribution in [2.75, 3.05) is 5.32 Å². The molecule has 0 fully saturated rings. The van der Waals surface area contributed by atoms with Gasteiger partial charge in [-0.3, -0.25) is 4.68 Å². The molecule has 86 valence electrons. The van der Waals surface area contributed by atoms with Crippen molar-refractivity contribution in [2.45, 2.75) is 6.54 Å². The number of aromatic nitrogens is 3. The Morgan fingerprint density at radius 2 is 2.35 bits per heavy atom. The summed E-state index contributed by atoms with van der Waals surface area (Å²) in [7, 11) is 1.83. The summed E-state index contributed by atoms with van der Waals surface area (Å²) in [6, 6.07) is 7.64. The van der Waals surface area contributed by atoms with E-state index in [2.05, 4.69) is 37.6 Å². The van der Waals surface area contributed by atoms with Gasteiger partial charge in [0.05, 0.1) is 29.7 Å². The maximum Gasteiger partial charge on any atom is 0.101 e. The number of nitrogens with one attached hydrogen (secondary N) is 1. The Bertz CT molecular complexity index is 569. The topological polar surface area (TPSA) is 66.5 Å². The molecule has 5 nitrogen and oxygen atoms in total. The van der Waals surface area contributed by atoms with E-state index >= 15 is 0 Å². The van der Waals surface area contributed by atoms with E-state index in [1.807, 2.05) is 19.2 Å². The predicted octanol–water partition coefficient (Wildman–Crippen LogP) is 2.06. The molecule has 0 unspecified atom stereocenters. The minimum atomic E-state index is 0.578. The number of benzene rings is 1. The highest BCUT2D eigenvalue weighted by Gasteiger charge is 2.04. The fourth-order valence-corrected chi connectivity index (χ4v) is 1.78. The molecular weight excluding hydrogens is 282 g/mol. The molecule has 0 aliphatic heterocycles. The molecule has 17 heavy (non-hydrogen) atoms. The zero-order valence-corrected chi connectivity index (χ0v) is 10.8. The molecule has 0 saturated carbocycles. The van der Waals surface area contributed by atoms with Gasteiger partial charge >= 0.3 is 0 Å². The molecule has 0 atom stereocenters. The largest absolute Gasteiger partial charge is 0.378 e. The van der Waals surface area contributed by atoms with E-state index in [0.29, 0.717) is 12.1 Å². The molecule has 1 aromatic carbocycles. The third-order valence-electron chi connectivity index (χ3n) is 2.37. The summed E-state index contributed by atoms with van der Waals surface area (Å²) in [5.74, 6) is 0. The maximum atomic E-state index is 8.99. The molecule has 6 heteroatoms. The SMILES string of the molecule is Cn1nncc1CNc1cc(Br)ccc1C#N. The molecule has 0 spiro atoms. The summed E-state index contributed by atoms with van der Waals surface area (Å²) < 4.78 is 2.62. The Balaban J connectivity index is 2.17.